The van der Waals surface area contributed by atoms with Crippen LogP contribution in [0, 0.1) is 11.7 Å². The molecule has 1 amide bonds. The molecule has 4 N–H and O–H groups in total. The first-order valence-electron chi connectivity index (χ1n) is 5.54. The van der Waals surface area contributed by atoms with Gasteiger partial charge in [0.25, 0.3) is 0 Å². The first-order chi connectivity index (χ1) is 8.54. The molecule has 1 aromatic rings. The van der Waals surface area contributed by atoms with Crippen LogP contribution in [0.5, 0.6) is 0 Å². The number of hydrogen-bond donors (Lipinski definition) is 3. The van der Waals surface area contributed by atoms with E-state index in [2.05, 4.69) is 10.5 Å². The van der Waals surface area contributed by atoms with Crippen LogP contribution in [0.25, 0.3) is 0 Å². The maximum absolute atomic E-state index is 12.9. The van der Waals surface area contributed by atoms with Crippen LogP contribution in [0.2, 0.25) is 0 Å². The molecule has 0 aliphatic heterocycles. The van der Waals surface area contributed by atoms with Crippen LogP contribution in [0.4, 0.5) is 4.39 Å². The zero-order valence-electron chi connectivity index (χ0n) is 10.1. The molecule has 0 saturated heterocycles. The van der Waals surface area contributed by atoms with Gasteiger partial charge in [-0.15, -0.1) is 0 Å². The van der Waals surface area contributed by atoms with Gasteiger partial charge in [0.1, 0.15) is 5.82 Å². The van der Waals surface area contributed by atoms with Gasteiger partial charge in [0, 0.05) is 6.54 Å². The summed E-state index contributed by atoms with van der Waals surface area (Å²) in [5.74, 6) is -1.47. The molecule has 0 aliphatic rings. The summed E-state index contributed by atoms with van der Waals surface area (Å²) in [7, 11) is 0. The Morgan fingerprint density at radius 3 is 2.94 bits per heavy atom. The second kappa shape index (κ2) is 6.58. The van der Waals surface area contributed by atoms with Gasteiger partial charge in [-0.05, 0) is 31.0 Å². The van der Waals surface area contributed by atoms with E-state index < -0.39 is 5.92 Å². The number of nitrogens with one attached hydrogen (secondary N) is 1. The van der Waals surface area contributed by atoms with Gasteiger partial charge in [-0.1, -0.05) is 17.3 Å². The molecule has 0 fully saturated rings. The van der Waals surface area contributed by atoms with Crippen molar-refractivity contribution in [3.05, 3.63) is 35.6 Å². The summed E-state index contributed by atoms with van der Waals surface area (Å²) in [5.41, 5.74) is 6.11. The lowest BCUT2D eigenvalue weighted by atomic mass is 10.1. The van der Waals surface area contributed by atoms with Crippen molar-refractivity contribution in [2.45, 2.75) is 13.3 Å². The standard InChI is InChI=1S/C12H16FN3O2/c1-8(11(14)16-18)12(17)15-6-5-9-3-2-4-10(13)7-9/h2-4,7-8,18H,5-6H2,1H3,(H2,14,16)(H,15,17). The molecule has 18 heavy (non-hydrogen) atoms. The lowest BCUT2D eigenvalue weighted by Crippen LogP contribution is -2.38. The van der Waals surface area contributed by atoms with Crippen LogP contribution < -0.4 is 11.1 Å². The van der Waals surface area contributed by atoms with E-state index in [1.807, 2.05) is 0 Å². The van der Waals surface area contributed by atoms with Crippen LogP contribution in [0.3, 0.4) is 0 Å². The molecule has 5 nitrogen and oxygen atoms in total. The number of nitrogens with zero attached hydrogens (tertiary/aromatic N) is 1. The van der Waals surface area contributed by atoms with Gasteiger partial charge in [-0.2, -0.15) is 0 Å². The largest absolute Gasteiger partial charge is 0.409 e. The zero-order chi connectivity index (χ0) is 13.5. The Bertz CT molecular complexity index is 449. The van der Waals surface area contributed by atoms with Crippen molar-refractivity contribution in [1.29, 1.82) is 0 Å². The van der Waals surface area contributed by atoms with Gasteiger partial charge >= 0.3 is 0 Å². The molecule has 0 aromatic heterocycles. The molecule has 0 aliphatic carbocycles. The molecule has 1 rings (SSSR count). The van der Waals surface area contributed by atoms with Crippen molar-refractivity contribution in [3.8, 4) is 0 Å². The minimum absolute atomic E-state index is 0.141. The SMILES string of the molecule is CC(C(=O)NCCc1cccc(F)c1)/C(N)=N/O. The highest BCUT2D eigenvalue weighted by Crippen LogP contribution is 2.03. The molecule has 1 aromatic carbocycles. The van der Waals surface area contributed by atoms with E-state index in [0.717, 1.165) is 5.56 Å². The normalized spacial score (nSPS) is 13.1. The highest BCUT2D eigenvalue weighted by Gasteiger charge is 2.16. The molecule has 98 valence electrons. The molecule has 0 radical (unpaired) electrons. The fourth-order valence-electron chi connectivity index (χ4n) is 1.40. The number of benzene rings is 1. The predicted molar refractivity (Wildman–Crippen MR) is 65.7 cm³/mol. The zero-order valence-corrected chi connectivity index (χ0v) is 10.1. The molecular weight excluding hydrogens is 237 g/mol. The molecule has 0 saturated carbocycles. The second-order valence-corrected chi connectivity index (χ2v) is 3.92. The van der Waals surface area contributed by atoms with Crippen molar-refractivity contribution in [2.75, 3.05) is 6.54 Å². The summed E-state index contributed by atoms with van der Waals surface area (Å²) in [6.45, 7) is 1.90. The van der Waals surface area contributed by atoms with E-state index in [-0.39, 0.29) is 17.6 Å². The average molecular weight is 253 g/mol. The number of carbonyl (C=O) groups is 1. The summed E-state index contributed by atoms with van der Waals surface area (Å²) in [6, 6.07) is 6.18. The maximum atomic E-state index is 12.9. The number of amides is 1. The molecular formula is C12H16FN3O2. The fourth-order valence-corrected chi connectivity index (χ4v) is 1.40. The van der Waals surface area contributed by atoms with E-state index >= 15 is 0 Å². The monoisotopic (exact) mass is 253 g/mol. The third-order valence-corrected chi connectivity index (χ3v) is 2.55. The number of rotatable bonds is 5. The van der Waals surface area contributed by atoms with Crippen molar-refractivity contribution in [1.82, 2.24) is 5.32 Å². The number of hydrogen-bond acceptors (Lipinski definition) is 3. The summed E-state index contributed by atoms with van der Waals surface area (Å²) in [6.07, 6.45) is 0.520. The Kier molecular flexibility index (Phi) is 5.10. The second-order valence-electron chi connectivity index (χ2n) is 3.92. The van der Waals surface area contributed by atoms with E-state index in [9.17, 15) is 9.18 Å². The minimum Gasteiger partial charge on any atom is -0.409 e. The quantitative estimate of drug-likeness (QED) is 0.315. The summed E-state index contributed by atoms with van der Waals surface area (Å²) >= 11 is 0. The predicted octanol–water partition coefficient (Wildman–Crippen LogP) is 0.867. The topological polar surface area (TPSA) is 87.7 Å². The molecule has 0 spiro atoms. The Labute approximate surface area is 104 Å². The van der Waals surface area contributed by atoms with E-state index in [1.54, 1.807) is 12.1 Å². The summed E-state index contributed by atoms with van der Waals surface area (Å²) < 4.78 is 12.9. The average Bonchev–Trinajstić information content (AvgIpc) is 2.36. The van der Waals surface area contributed by atoms with Crippen molar-refractivity contribution in [2.24, 2.45) is 16.8 Å². The van der Waals surface area contributed by atoms with Gasteiger partial charge < -0.3 is 16.3 Å². The van der Waals surface area contributed by atoms with E-state index in [1.165, 1.54) is 19.1 Å². The van der Waals surface area contributed by atoms with Crippen molar-refractivity contribution < 1.29 is 14.4 Å². The molecule has 1 unspecified atom stereocenters. The van der Waals surface area contributed by atoms with Crippen LogP contribution in [-0.2, 0) is 11.2 Å². The number of amidine groups is 1. The minimum atomic E-state index is -0.692. The van der Waals surface area contributed by atoms with Crippen LogP contribution in [0.1, 0.15) is 12.5 Å². The molecule has 6 heteroatoms. The third kappa shape index (κ3) is 4.04. The summed E-state index contributed by atoms with van der Waals surface area (Å²) in [4.78, 5) is 11.5. The van der Waals surface area contributed by atoms with E-state index in [4.69, 9.17) is 10.9 Å². The smallest absolute Gasteiger partial charge is 0.230 e. The Morgan fingerprint density at radius 1 is 1.61 bits per heavy atom. The van der Waals surface area contributed by atoms with Gasteiger partial charge in [0.15, 0.2) is 5.84 Å². The summed E-state index contributed by atoms with van der Waals surface area (Å²) in [5, 5.41) is 13.8. The number of carbonyl (C=O) groups excluding carboxylic acids is 1. The van der Waals surface area contributed by atoms with Gasteiger partial charge in [0.2, 0.25) is 5.91 Å². The number of oxime groups is 1. The molecule has 0 heterocycles. The van der Waals surface area contributed by atoms with Crippen LogP contribution in [-0.4, -0.2) is 23.5 Å². The molecule has 1 atom stereocenters. The van der Waals surface area contributed by atoms with Crippen LogP contribution >= 0.6 is 0 Å². The van der Waals surface area contributed by atoms with Gasteiger partial charge in [-0.3, -0.25) is 4.79 Å². The van der Waals surface area contributed by atoms with Crippen molar-refractivity contribution >= 4 is 11.7 Å². The highest BCUT2D eigenvalue weighted by molar-refractivity contribution is 6.01. The first kappa shape index (κ1) is 14.0. The number of halogens is 1. The Morgan fingerprint density at radius 2 is 2.33 bits per heavy atom. The van der Waals surface area contributed by atoms with Gasteiger partial charge in [-0.25, -0.2) is 4.39 Å². The Balaban J connectivity index is 2.40. The Hall–Kier alpha value is -2.11. The third-order valence-electron chi connectivity index (χ3n) is 2.55. The van der Waals surface area contributed by atoms with Gasteiger partial charge in [0.05, 0.1) is 5.92 Å². The highest BCUT2D eigenvalue weighted by atomic mass is 19.1. The molecule has 0 bridgehead atoms. The van der Waals surface area contributed by atoms with Crippen LogP contribution in [0.15, 0.2) is 29.4 Å². The first-order valence-corrected chi connectivity index (χ1v) is 5.54. The fraction of sp³-hybridized carbons (Fsp3) is 0.333. The lowest BCUT2D eigenvalue weighted by molar-refractivity contribution is -0.122. The lowest BCUT2D eigenvalue weighted by Gasteiger charge is -2.10. The van der Waals surface area contributed by atoms with E-state index in [0.29, 0.717) is 13.0 Å². The van der Waals surface area contributed by atoms with Crippen molar-refractivity contribution in [3.63, 3.8) is 0 Å². The number of nitrogens with two attached hydrogens (primary N) is 1. The maximum Gasteiger partial charge on any atom is 0.230 e.